The molecule has 0 saturated carbocycles. The normalized spacial score (nSPS) is 10.7. The Morgan fingerprint density at radius 2 is 2.00 bits per heavy atom. The summed E-state index contributed by atoms with van der Waals surface area (Å²) >= 11 is 3.25. The summed E-state index contributed by atoms with van der Waals surface area (Å²) in [4.78, 5) is 23.5. The van der Waals surface area contributed by atoms with Gasteiger partial charge in [0.1, 0.15) is 11.4 Å². The molecule has 0 aliphatic carbocycles. The molecular formula is C15H13BrFNO3. The van der Waals surface area contributed by atoms with E-state index in [0.29, 0.717) is 21.3 Å². The Balaban J connectivity index is 2.60. The molecule has 110 valence electrons. The van der Waals surface area contributed by atoms with E-state index >= 15 is 0 Å². The average Bonchev–Trinajstić information content (AvgIpc) is 2.37. The summed E-state index contributed by atoms with van der Waals surface area (Å²) < 4.78 is 15.8. The molecule has 0 aliphatic rings. The van der Waals surface area contributed by atoms with Gasteiger partial charge in [-0.3, -0.25) is 4.79 Å². The largest absolute Gasteiger partial charge is 0.477 e. The van der Waals surface area contributed by atoms with E-state index in [1.54, 1.807) is 32.0 Å². The van der Waals surface area contributed by atoms with E-state index in [-0.39, 0.29) is 12.1 Å². The Bertz CT molecular complexity index is 783. The van der Waals surface area contributed by atoms with Crippen LogP contribution in [-0.4, -0.2) is 15.6 Å². The molecule has 0 saturated heterocycles. The molecule has 0 radical (unpaired) electrons. The van der Waals surface area contributed by atoms with E-state index in [1.807, 2.05) is 0 Å². The van der Waals surface area contributed by atoms with Crippen LogP contribution in [0.15, 0.2) is 33.5 Å². The third kappa shape index (κ3) is 3.05. The van der Waals surface area contributed by atoms with Gasteiger partial charge in [-0.15, -0.1) is 0 Å². The van der Waals surface area contributed by atoms with Crippen LogP contribution in [0.25, 0.3) is 0 Å². The number of carbonyl (C=O) groups is 1. The summed E-state index contributed by atoms with van der Waals surface area (Å²) in [6.45, 7) is 3.24. The molecule has 0 bridgehead atoms. The molecular weight excluding hydrogens is 341 g/mol. The van der Waals surface area contributed by atoms with Gasteiger partial charge in [-0.25, -0.2) is 9.18 Å². The zero-order valence-electron chi connectivity index (χ0n) is 11.5. The summed E-state index contributed by atoms with van der Waals surface area (Å²) in [5.41, 5.74) is 0.392. The highest BCUT2D eigenvalue weighted by Crippen LogP contribution is 2.17. The molecule has 0 atom stereocenters. The number of hydrogen-bond donors (Lipinski definition) is 1. The molecule has 6 heteroatoms. The fourth-order valence-electron chi connectivity index (χ4n) is 2.22. The summed E-state index contributed by atoms with van der Waals surface area (Å²) in [5.74, 6) is -1.72. The molecule has 2 aromatic rings. The second-order valence-electron chi connectivity index (χ2n) is 4.78. The number of carboxylic acid groups (broad SMARTS) is 1. The average molecular weight is 354 g/mol. The molecule has 0 aliphatic heterocycles. The molecule has 0 spiro atoms. The second-order valence-corrected chi connectivity index (χ2v) is 5.69. The maximum Gasteiger partial charge on any atom is 0.341 e. The predicted octanol–water partition coefficient (Wildman–Crippen LogP) is 3.11. The lowest BCUT2D eigenvalue weighted by atomic mass is 10.1. The first-order valence-electron chi connectivity index (χ1n) is 6.19. The van der Waals surface area contributed by atoms with E-state index in [9.17, 15) is 14.0 Å². The van der Waals surface area contributed by atoms with E-state index in [1.165, 1.54) is 10.6 Å². The van der Waals surface area contributed by atoms with E-state index < -0.39 is 17.3 Å². The molecule has 2 rings (SSSR count). The Kier molecular flexibility index (Phi) is 4.27. The van der Waals surface area contributed by atoms with Crippen LogP contribution in [0.3, 0.4) is 0 Å². The van der Waals surface area contributed by atoms with Gasteiger partial charge in [-0.1, -0.05) is 15.9 Å². The Labute approximate surface area is 129 Å². The second kappa shape index (κ2) is 5.81. The van der Waals surface area contributed by atoms with Gasteiger partial charge < -0.3 is 9.67 Å². The first-order chi connectivity index (χ1) is 9.81. The van der Waals surface area contributed by atoms with E-state index in [2.05, 4.69) is 15.9 Å². The SMILES string of the molecule is Cc1cc(C)n(Cc2cc(Br)ccc2F)c(=O)c1C(=O)O. The van der Waals surface area contributed by atoms with Crippen LogP contribution in [0.4, 0.5) is 4.39 Å². The van der Waals surface area contributed by atoms with Crippen molar-refractivity contribution in [1.82, 2.24) is 4.57 Å². The molecule has 1 aromatic carbocycles. The quantitative estimate of drug-likeness (QED) is 0.922. The van der Waals surface area contributed by atoms with Gasteiger partial charge in [0, 0.05) is 15.7 Å². The fraction of sp³-hybridized carbons (Fsp3) is 0.200. The lowest BCUT2D eigenvalue weighted by molar-refractivity contribution is 0.0693. The van der Waals surface area contributed by atoms with Crippen molar-refractivity contribution < 1.29 is 14.3 Å². The van der Waals surface area contributed by atoms with Crippen LogP contribution < -0.4 is 5.56 Å². The summed E-state index contributed by atoms with van der Waals surface area (Å²) in [5, 5.41) is 9.13. The van der Waals surface area contributed by atoms with Crippen molar-refractivity contribution in [1.29, 1.82) is 0 Å². The van der Waals surface area contributed by atoms with Gasteiger partial charge in [0.2, 0.25) is 0 Å². The Hall–Kier alpha value is -1.95. The highest BCUT2D eigenvalue weighted by molar-refractivity contribution is 9.10. The zero-order valence-corrected chi connectivity index (χ0v) is 13.1. The van der Waals surface area contributed by atoms with Crippen molar-refractivity contribution in [2.75, 3.05) is 0 Å². The smallest absolute Gasteiger partial charge is 0.341 e. The third-order valence-electron chi connectivity index (χ3n) is 3.25. The van der Waals surface area contributed by atoms with Crippen molar-refractivity contribution in [3.63, 3.8) is 0 Å². The van der Waals surface area contributed by atoms with Gasteiger partial charge in [-0.2, -0.15) is 0 Å². The monoisotopic (exact) mass is 353 g/mol. The lowest BCUT2D eigenvalue weighted by Crippen LogP contribution is -2.29. The Morgan fingerprint density at radius 3 is 2.62 bits per heavy atom. The number of carboxylic acids is 1. The summed E-state index contributed by atoms with van der Waals surface area (Å²) in [6, 6.07) is 6.04. The number of benzene rings is 1. The fourth-order valence-corrected chi connectivity index (χ4v) is 2.63. The van der Waals surface area contributed by atoms with Crippen LogP contribution in [-0.2, 0) is 6.54 Å². The number of nitrogens with zero attached hydrogens (tertiary/aromatic N) is 1. The van der Waals surface area contributed by atoms with Crippen molar-refractivity contribution in [2.24, 2.45) is 0 Å². The number of hydrogen-bond acceptors (Lipinski definition) is 2. The molecule has 0 fully saturated rings. The number of aromatic nitrogens is 1. The van der Waals surface area contributed by atoms with Gasteiger partial charge in [-0.05, 0) is 43.7 Å². The maximum atomic E-state index is 13.8. The molecule has 0 amide bonds. The van der Waals surface area contributed by atoms with E-state index in [0.717, 1.165) is 0 Å². The predicted molar refractivity (Wildman–Crippen MR) is 80.3 cm³/mol. The van der Waals surface area contributed by atoms with Crippen LogP contribution in [0.2, 0.25) is 0 Å². The number of halogens is 2. The van der Waals surface area contributed by atoms with Crippen molar-refractivity contribution in [2.45, 2.75) is 20.4 Å². The molecule has 1 heterocycles. The minimum atomic E-state index is -1.28. The molecule has 1 N–H and O–H groups in total. The van der Waals surface area contributed by atoms with Gasteiger partial charge in [0.25, 0.3) is 5.56 Å². The number of rotatable bonds is 3. The minimum absolute atomic E-state index is 0.0174. The molecule has 0 unspecified atom stereocenters. The first-order valence-corrected chi connectivity index (χ1v) is 6.99. The van der Waals surface area contributed by atoms with Gasteiger partial charge >= 0.3 is 5.97 Å². The molecule has 4 nitrogen and oxygen atoms in total. The molecule has 21 heavy (non-hydrogen) atoms. The highest BCUT2D eigenvalue weighted by atomic mass is 79.9. The number of aromatic carboxylic acids is 1. The lowest BCUT2D eigenvalue weighted by Gasteiger charge is -2.13. The van der Waals surface area contributed by atoms with Crippen LogP contribution >= 0.6 is 15.9 Å². The van der Waals surface area contributed by atoms with E-state index in [4.69, 9.17) is 5.11 Å². The topological polar surface area (TPSA) is 59.3 Å². The Morgan fingerprint density at radius 1 is 1.33 bits per heavy atom. The highest BCUT2D eigenvalue weighted by Gasteiger charge is 2.17. The third-order valence-corrected chi connectivity index (χ3v) is 3.75. The van der Waals surface area contributed by atoms with Crippen molar-refractivity contribution in [3.05, 3.63) is 67.3 Å². The first kappa shape index (κ1) is 15.4. The van der Waals surface area contributed by atoms with Crippen LogP contribution in [0, 0.1) is 19.7 Å². The van der Waals surface area contributed by atoms with Crippen molar-refractivity contribution >= 4 is 21.9 Å². The zero-order chi connectivity index (χ0) is 15.7. The van der Waals surface area contributed by atoms with Crippen LogP contribution in [0.5, 0.6) is 0 Å². The van der Waals surface area contributed by atoms with Crippen molar-refractivity contribution in [3.8, 4) is 0 Å². The number of pyridine rings is 1. The van der Waals surface area contributed by atoms with Gasteiger partial charge in [0.05, 0.1) is 6.54 Å². The van der Waals surface area contributed by atoms with Gasteiger partial charge in [0.15, 0.2) is 0 Å². The number of aryl methyl sites for hydroxylation is 2. The summed E-state index contributed by atoms with van der Waals surface area (Å²) in [6.07, 6.45) is 0. The maximum absolute atomic E-state index is 13.8. The standard InChI is InChI=1S/C15H13BrFNO3/c1-8-5-9(2)18(14(19)13(8)15(20)21)7-10-6-11(16)3-4-12(10)17/h3-6H,7H2,1-2H3,(H,20,21). The molecule has 1 aromatic heterocycles. The summed E-state index contributed by atoms with van der Waals surface area (Å²) in [7, 11) is 0. The van der Waals surface area contributed by atoms with Crippen LogP contribution in [0.1, 0.15) is 27.2 Å². The minimum Gasteiger partial charge on any atom is -0.477 e.